The van der Waals surface area contributed by atoms with Gasteiger partial charge in [-0.3, -0.25) is 0 Å². The Labute approximate surface area is 60.9 Å². The first-order valence-electron chi connectivity index (χ1n) is 2.79. The lowest BCUT2D eigenvalue weighted by atomic mass is 10.1. The lowest BCUT2D eigenvalue weighted by Gasteiger charge is -1.97. The minimum Gasteiger partial charge on any atom is -0.192 e. The zero-order chi connectivity index (χ0) is 7.56. The third kappa shape index (κ3) is 1.01. The van der Waals surface area contributed by atoms with Crippen molar-refractivity contribution in [2.45, 2.75) is 0 Å². The van der Waals surface area contributed by atoms with Gasteiger partial charge in [-0.05, 0) is 11.1 Å². The molecule has 0 aliphatic rings. The molecule has 0 fully saturated rings. The molecule has 0 unspecified atom stereocenters. The molecule has 10 heavy (non-hydrogen) atoms. The van der Waals surface area contributed by atoms with Crippen molar-refractivity contribution in [2.75, 3.05) is 0 Å². The first-order valence-corrected chi connectivity index (χ1v) is 2.79. The number of hydrogen-bond acceptors (Lipinski definition) is 1. The van der Waals surface area contributed by atoms with E-state index < -0.39 is 0 Å². The van der Waals surface area contributed by atoms with E-state index in [1.807, 2.05) is 6.07 Å². The van der Waals surface area contributed by atoms with Crippen LogP contribution in [0.4, 0.5) is 0 Å². The summed E-state index contributed by atoms with van der Waals surface area (Å²) in [5.41, 5.74) is 1.23. The molecule has 1 rings (SSSR count). The highest BCUT2D eigenvalue weighted by Crippen LogP contribution is 2.10. The first-order chi connectivity index (χ1) is 4.75. The highest BCUT2D eigenvalue weighted by Gasteiger charge is 1.98. The molecule has 0 atom stereocenters. The maximum absolute atomic E-state index is 8.49. The molecule has 0 bridgehead atoms. The second-order valence-electron chi connectivity index (χ2n) is 1.92. The van der Waals surface area contributed by atoms with E-state index in [0.29, 0.717) is 16.7 Å². The molecular weight excluding hydrogens is 122 g/mol. The van der Waals surface area contributed by atoms with Gasteiger partial charge in [-0.15, -0.1) is 0 Å². The highest BCUT2D eigenvalue weighted by molar-refractivity contribution is 5.46. The van der Waals surface area contributed by atoms with Gasteiger partial charge in [-0.2, -0.15) is 5.26 Å². The third-order valence-electron chi connectivity index (χ3n) is 1.24. The van der Waals surface area contributed by atoms with Crippen molar-refractivity contribution < 1.29 is 0 Å². The quantitative estimate of drug-likeness (QED) is 0.520. The van der Waals surface area contributed by atoms with Gasteiger partial charge in [0.05, 0.1) is 11.6 Å². The molecule has 0 aliphatic heterocycles. The molecule has 0 saturated heterocycles. The fourth-order valence-electron chi connectivity index (χ4n) is 0.718. The minimum absolute atomic E-state index is 0.363. The first kappa shape index (κ1) is 6.82. The zero-order valence-corrected chi connectivity index (χ0v) is 5.33. The molecule has 0 amide bonds. The summed E-state index contributed by atoms with van der Waals surface area (Å²) in [4.78, 5) is 0. The average Bonchev–Trinajstić information content (AvgIpc) is 1.88. The molecule has 0 spiro atoms. The fourth-order valence-corrected chi connectivity index (χ4v) is 0.718. The van der Waals surface area contributed by atoms with E-state index in [9.17, 15) is 0 Å². The molecule has 0 aromatic heterocycles. The van der Waals surface area contributed by atoms with Crippen LogP contribution < -0.4 is 0 Å². The summed E-state index contributed by atoms with van der Waals surface area (Å²) >= 11 is 0. The third-order valence-corrected chi connectivity index (χ3v) is 1.24. The van der Waals surface area contributed by atoms with Crippen molar-refractivity contribution in [1.29, 1.82) is 5.26 Å². The fraction of sp³-hybridized carbons (Fsp3) is 0. The zero-order valence-electron chi connectivity index (χ0n) is 5.33. The molecule has 1 nitrogen and oxygen atoms in total. The molecule has 1 aromatic carbocycles. The summed E-state index contributed by atoms with van der Waals surface area (Å²) in [5.74, 6) is 0. The minimum atomic E-state index is 0.363. The normalized spacial score (nSPS) is 8.90. The Kier molecular flexibility index (Phi) is 1.73. The van der Waals surface area contributed by atoms with Gasteiger partial charge in [-0.1, -0.05) is 18.2 Å². The molecule has 0 saturated carbocycles. The maximum atomic E-state index is 8.49. The molecule has 0 aliphatic carbocycles. The SMILES string of the molecule is [CH]c1cccc([CH])c1C#N. The van der Waals surface area contributed by atoms with E-state index in [0.717, 1.165) is 0 Å². The summed E-state index contributed by atoms with van der Waals surface area (Å²) in [6.45, 7) is 10.9. The van der Waals surface area contributed by atoms with Crippen molar-refractivity contribution in [3.8, 4) is 6.07 Å². The van der Waals surface area contributed by atoms with Gasteiger partial charge in [0.25, 0.3) is 0 Å². The van der Waals surface area contributed by atoms with Crippen LogP contribution in [0.3, 0.4) is 0 Å². The summed E-state index contributed by atoms with van der Waals surface area (Å²) in [6, 6.07) is 6.92. The van der Waals surface area contributed by atoms with Crippen LogP contribution in [0.15, 0.2) is 18.2 Å². The van der Waals surface area contributed by atoms with E-state index in [1.54, 1.807) is 18.2 Å². The lowest BCUT2D eigenvalue weighted by molar-refractivity contribution is 1.43. The monoisotopic (exact) mass is 127 g/mol. The molecule has 1 heteroatoms. The van der Waals surface area contributed by atoms with Crippen LogP contribution in [0.1, 0.15) is 16.7 Å². The Morgan fingerprint density at radius 1 is 1.20 bits per heavy atom. The van der Waals surface area contributed by atoms with Crippen LogP contribution in [0, 0.1) is 25.2 Å². The van der Waals surface area contributed by atoms with E-state index in [-0.39, 0.29) is 0 Å². The Balaban J connectivity index is 3.34. The lowest BCUT2D eigenvalue weighted by Crippen LogP contribution is -1.84. The number of nitrogens with zero attached hydrogens (tertiary/aromatic N) is 1. The van der Waals surface area contributed by atoms with Crippen molar-refractivity contribution in [3.63, 3.8) is 0 Å². The van der Waals surface area contributed by atoms with Crippen LogP contribution in [-0.2, 0) is 0 Å². The summed E-state index contributed by atoms with van der Waals surface area (Å²) < 4.78 is 0. The van der Waals surface area contributed by atoms with Crippen molar-refractivity contribution in [3.05, 3.63) is 48.7 Å². The maximum Gasteiger partial charge on any atom is 0.0997 e. The summed E-state index contributed by atoms with van der Waals surface area (Å²) in [5, 5.41) is 8.49. The number of hydrogen-bond donors (Lipinski definition) is 0. The molecule has 0 heterocycles. The van der Waals surface area contributed by atoms with Crippen LogP contribution in [0.25, 0.3) is 0 Å². The molecular formula is C9H5N. The van der Waals surface area contributed by atoms with Crippen molar-refractivity contribution in [1.82, 2.24) is 0 Å². The van der Waals surface area contributed by atoms with Crippen molar-refractivity contribution in [2.24, 2.45) is 0 Å². The Morgan fingerprint density at radius 3 is 2.00 bits per heavy atom. The number of nitriles is 1. The smallest absolute Gasteiger partial charge is 0.0997 e. The van der Waals surface area contributed by atoms with Gasteiger partial charge in [-0.25, -0.2) is 0 Å². The molecule has 4 radical (unpaired) electrons. The second-order valence-corrected chi connectivity index (χ2v) is 1.92. The van der Waals surface area contributed by atoms with Gasteiger partial charge >= 0.3 is 0 Å². The topological polar surface area (TPSA) is 23.8 Å². The number of benzene rings is 1. The van der Waals surface area contributed by atoms with E-state index in [2.05, 4.69) is 0 Å². The molecule has 0 N–H and O–H groups in total. The molecule has 1 aromatic rings. The number of rotatable bonds is 0. The van der Waals surface area contributed by atoms with Gasteiger partial charge in [0.2, 0.25) is 0 Å². The van der Waals surface area contributed by atoms with Crippen LogP contribution in [0.2, 0.25) is 0 Å². The standard InChI is InChI=1S/C9H5N/c1-7-4-3-5-8(2)9(7)6-10/h1-5H. The van der Waals surface area contributed by atoms with Gasteiger partial charge < -0.3 is 0 Å². The van der Waals surface area contributed by atoms with E-state index >= 15 is 0 Å². The highest BCUT2D eigenvalue weighted by atomic mass is 14.2. The Morgan fingerprint density at radius 2 is 1.70 bits per heavy atom. The molecule has 46 valence electrons. The van der Waals surface area contributed by atoms with Gasteiger partial charge in [0.15, 0.2) is 0 Å². The van der Waals surface area contributed by atoms with Crippen molar-refractivity contribution >= 4 is 0 Å². The Hall–Kier alpha value is -1.29. The predicted molar refractivity (Wildman–Crippen MR) is 38.0 cm³/mol. The van der Waals surface area contributed by atoms with Crippen LogP contribution >= 0.6 is 0 Å². The second kappa shape index (κ2) is 2.53. The van der Waals surface area contributed by atoms with E-state index in [4.69, 9.17) is 19.1 Å². The Bertz CT molecular complexity index is 261. The van der Waals surface area contributed by atoms with Gasteiger partial charge in [0.1, 0.15) is 0 Å². The van der Waals surface area contributed by atoms with Gasteiger partial charge in [0, 0.05) is 13.8 Å². The predicted octanol–water partition coefficient (Wildman–Crippen LogP) is 1.68. The van der Waals surface area contributed by atoms with Crippen LogP contribution in [0.5, 0.6) is 0 Å². The summed E-state index contributed by atoms with van der Waals surface area (Å²) in [6.07, 6.45) is 0. The van der Waals surface area contributed by atoms with E-state index in [1.165, 1.54) is 0 Å². The van der Waals surface area contributed by atoms with Crippen LogP contribution in [-0.4, -0.2) is 0 Å². The largest absolute Gasteiger partial charge is 0.192 e. The average molecular weight is 127 g/mol. The summed E-state index contributed by atoms with van der Waals surface area (Å²) in [7, 11) is 0.